The van der Waals surface area contributed by atoms with Crippen LogP contribution in [0.5, 0.6) is 17.2 Å². The molecule has 3 aromatic rings. The summed E-state index contributed by atoms with van der Waals surface area (Å²) in [6.45, 7) is 1.40. The molecule has 3 aromatic carbocycles. The molecule has 0 spiro atoms. The standard InChI is InChI=1S/C24H26N2O6S/c1-17-9-12-19(13-10-17)33(28,29)26(18-11-14-22(31-3)23(15-18)32-4)16-24(27)25-20-7-5-6-8-21(20)30-2/h5-15H,16H2,1-4H3,(H,25,27). The molecule has 0 aromatic heterocycles. The molecule has 0 bridgehead atoms. The fraction of sp³-hybridized carbons (Fsp3) is 0.208. The number of anilines is 2. The highest BCUT2D eigenvalue weighted by molar-refractivity contribution is 7.92. The number of hydrogen-bond donors (Lipinski definition) is 1. The van der Waals surface area contributed by atoms with Crippen molar-refractivity contribution in [1.82, 2.24) is 0 Å². The highest BCUT2D eigenvalue weighted by Crippen LogP contribution is 2.34. The zero-order valence-corrected chi connectivity index (χ0v) is 19.7. The van der Waals surface area contributed by atoms with E-state index in [4.69, 9.17) is 14.2 Å². The molecule has 1 amide bonds. The van der Waals surface area contributed by atoms with Gasteiger partial charge in [0.15, 0.2) is 11.5 Å². The lowest BCUT2D eigenvalue weighted by Crippen LogP contribution is -2.38. The predicted octanol–water partition coefficient (Wildman–Crippen LogP) is 3.85. The number of ether oxygens (including phenoxy) is 3. The summed E-state index contributed by atoms with van der Waals surface area (Å²) in [5, 5.41) is 2.72. The number of rotatable bonds is 9. The molecule has 8 nitrogen and oxygen atoms in total. The van der Waals surface area contributed by atoms with Gasteiger partial charge < -0.3 is 19.5 Å². The van der Waals surface area contributed by atoms with Gasteiger partial charge in [0.05, 0.1) is 37.6 Å². The Bertz CT molecular complexity index is 1230. The normalized spacial score (nSPS) is 10.9. The van der Waals surface area contributed by atoms with Crippen molar-refractivity contribution in [3.63, 3.8) is 0 Å². The molecule has 174 valence electrons. The van der Waals surface area contributed by atoms with E-state index in [1.54, 1.807) is 48.5 Å². The number of nitrogens with zero attached hydrogens (tertiary/aromatic N) is 1. The van der Waals surface area contributed by atoms with Gasteiger partial charge in [-0.3, -0.25) is 9.10 Å². The zero-order chi connectivity index (χ0) is 24.0. The lowest BCUT2D eigenvalue weighted by molar-refractivity contribution is -0.114. The van der Waals surface area contributed by atoms with Crippen LogP contribution in [0.4, 0.5) is 11.4 Å². The number of carbonyl (C=O) groups excluding carboxylic acids is 1. The summed E-state index contributed by atoms with van der Waals surface area (Å²) in [6, 6.07) is 18.0. The molecule has 0 heterocycles. The van der Waals surface area contributed by atoms with Crippen molar-refractivity contribution in [1.29, 1.82) is 0 Å². The van der Waals surface area contributed by atoms with Gasteiger partial charge >= 0.3 is 0 Å². The summed E-state index contributed by atoms with van der Waals surface area (Å²) < 4.78 is 44.0. The summed E-state index contributed by atoms with van der Waals surface area (Å²) in [6.07, 6.45) is 0. The molecule has 0 aliphatic rings. The average Bonchev–Trinajstić information content (AvgIpc) is 2.82. The maximum absolute atomic E-state index is 13.6. The second-order valence-electron chi connectivity index (χ2n) is 7.11. The van der Waals surface area contributed by atoms with Gasteiger partial charge in [0.25, 0.3) is 10.0 Å². The quantitative estimate of drug-likeness (QED) is 0.511. The molecule has 33 heavy (non-hydrogen) atoms. The highest BCUT2D eigenvalue weighted by atomic mass is 32.2. The molecule has 1 N–H and O–H groups in total. The lowest BCUT2D eigenvalue weighted by Gasteiger charge is -2.25. The van der Waals surface area contributed by atoms with Crippen LogP contribution in [-0.2, 0) is 14.8 Å². The second kappa shape index (κ2) is 10.3. The molecule has 3 rings (SSSR count). The molecule has 0 saturated carbocycles. The number of sulfonamides is 1. The number of amides is 1. The van der Waals surface area contributed by atoms with Crippen LogP contribution in [-0.4, -0.2) is 42.2 Å². The Morgan fingerprint density at radius 3 is 2.12 bits per heavy atom. The van der Waals surface area contributed by atoms with Crippen molar-refractivity contribution < 1.29 is 27.4 Å². The maximum atomic E-state index is 13.6. The molecule has 9 heteroatoms. The number of benzene rings is 3. The van der Waals surface area contributed by atoms with E-state index >= 15 is 0 Å². The SMILES string of the molecule is COc1ccccc1NC(=O)CN(c1ccc(OC)c(OC)c1)S(=O)(=O)c1ccc(C)cc1. The molecular weight excluding hydrogens is 444 g/mol. The molecule has 0 radical (unpaired) electrons. The van der Waals surface area contributed by atoms with E-state index in [0.717, 1.165) is 9.87 Å². The number of aryl methyl sites for hydroxylation is 1. The van der Waals surface area contributed by atoms with E-state index in [1.807, 2.05) is 6.92 Å². The Balaban J connectivity index is 2.01. The van der Waals surface area contributed by atoms with Crippen LogP contribution in [0.15, 0.2) is 71.6 Å². The fourth-order valence-corrected chi connectivity index (χ4v) is 4.61. The van der Waals surface area contributed by atoms with Crippen molar-refractivity contribution >= 4 is 27.3 Å². The largest absolute Gasteiger partial charge is 0.495 e. The van der Waals surface area contributed by atoms with E-state index < -0.39 is 22.5 Å². The van der Waals surface area contributed by atoms with Crippen molar-refractivity contribution in [3.05, 3.63) is 72.3 Å². The van der Waals surface area contributed by atoms with Gasteiger partial charge in [-0.15, -0.1) is 0 Å². The van der Waals surface area contributed by atoms with Crippen LogP contribution in [0.2, 0.25) is 0 Å². The van der Waals surface area contributed by atoms with Gasteiger partial charge in [-0.2, -0.15) is 0 Å². The van der Waals surface area contributed by atoms with Crippen LogP contribution < -0.4 is 23.8 Å². The first-order valence-electron chi connectivity index (χ1n) is 10.0. The lowest BCUT2D eigenvalue weighted by atomic mass is 10.2. The van der Waals surface area contributed by atoms with E-state index in [1.165, 1.54) is 39.5 Å². The van der Waals surface area contributed by atoms with E-state index in [2.05, 4.69) is 5.32 Å². The molecule has 0 aliphatic carbocycles. The van der Waals surface area contributed by atoms with Gasteiger partial charge in [0, 0.05) is 6.07 Å². The second-order valence-corrected chi connectivity index (χ2v) is 8.97. The highest BCUT2D eigenvalue weighted by Gasteiger charge is 2.28. The van der Waals surface area contributed by atoms with E-state index in [0.29, 0.717) is 22.9 Å². The molecule has 0 aliphatic heterocycles. The minimum atomic E-state index is -4.07. The number of carbonyl (C=O) groups is 1. The Hall–Kier alpha value is -3.72. The Morgan fingerprint density at radius 2 is 1.48 bits per heavy atom. The fourth-order valence-electron chi connectivity index (χ4n) is 3.20. The van der Waals surface area contributed by atoms with Gasteiger partial charge in [-0.1, -0.05) is 29.8 Å². The van der Waals surface area contributed by atoms with Crippen LogP contribution in [0, 0.1) is 6.92 Å². The molecular formula is C24H26N2O6S. The van der Waals surface area contributed by atoms with Gasteiger partial charge in [-0.05, 0) is 43.3 Å². The van der Waals surface area contributed by atoms with Gasteiger partial charge in [0.1, 0.15) is 12.3 Å². The van der Waals surface area contributed by atoms with Crippen molar-refractivity contribution in [2.24, 2.45) is 0 Å². The number of para-hydroxylation sites is 2. The Kier molecular flexibility index (Phi) is 7.44. The topological polar surface area (TPSA) is 94.2 Å². The van der Waals surface area contributed by atoms with Crippen LogP contribution in [0.25, 0.3) is 0 Å². The summed E-state index contributed by atoms with van der Waals surface area (Å²) in [4.78, 5) is 13.0. The van der Waals surface area contributed by atoms with Crippen molar-refractivity contribution in [2.45, 2.75) is 11.8 Å². The van der Waals surface area contributed by atoms with E-state index in [9.17, 15) is 13.2 Å². The molecule has 0 unspecified atom stereocenters. The minimum absolute atomic E-state index is 0.0629. The number of nitrogens with one attached hydrogen (secondary N) is 1. The Morgan fingerprint density at radius 1 is 0.848 bits per heavy atom. The minimum Gasteiger partial charge on any atom is -0.495 e. The summed E-state index contributed by atoms with van der Waals surface area (Å²) in [5.41, 5.74) is 1.61. The third-order valence-electron chi connectivity index (χ3n) is 4.93. The first-order valence-corrected chi connectivity index (χ1v) is 11.5. The maximum Gasteiger partial charge on any atom is 0.264 e. The van der Waals surface area contributed by atoms with Crippen LogP contribution in [0.3, 0.4) is 0 Å². The van der Waals surface area contributed by atoms with Crippen LogP contribution >= 0.6 is 0 Å². The van der Waals surface area contributed by atoms with Crippen molar-refractivity contribution in [2.75, 3.05) is 37.5 Å². The van der Waals surface area contributed by atoms with E-state index in [-0.39, 0.29) is 10.6 Å². The molecule has 0 atom stereocenters. The third kappa shape index (κ3) is 5.38. The summed E-state index contributed by atoms with van der Waals surface area (Å²) in [5.74, 6) is 0.700. The van der Waals surface area contributed by atoms with Gasteiger partial charge in [0.2, 0.25) is 5.91 Å². The molecule has 0 saturated heterocycles. The summed E-state index contributed by atoms with van der Waals surface area (Å²) in [7, 11) is 0.354. The smallest absolute Gasteiger partial charge is 0.264 e. The average molecular weight is 471 g/mol. The Labute approximate surface area is 193 Å². The van der Waals surface area contributed by atoms with Crippen LogP contribution in [0.1, 0.15) is 5.56 Å². The predicted molar refractivity (Wildman–Crippen MR) is 127 cm³/mol. The summed E-state index contributed by atoms with van der Waals surface area (Å²) >= 11 is 0. The first kappa shape index (κ1) is 23.9. The monoisotopic (exact) mass is 470 g/mol. The number of methoxy groups -OCH3 is 3. The zero-order valence-electron chi connectivity index (χ0n) is 18.9. The van der Waals surface area contributed by atoms with Crippen molar-refractivity contribution in [3.8, 4) is 17.2 Å². The first-order chi connectivity index (χ1) is 15.8. The third-order valence-corrected chi connectivity index (χ3v) is 6.72. The van der Waals surface area contributed by atoms with Gasteiger partial charge in [-0.25, -0.2) is 8.42 Å². The number of hydrogen-bond acceptors (Lipinski definition) is 6. The molecule has 0 fully saturated rings.